The topological polar surface area (TPSA) is 78.2 Å². The Morgan fingerprint density at radius 3 is 2.77 bits per heavy atom. The maximum absolute atomic E-state index is 5.51. The van der Waals surface area contributed by atoms with Gasteiger partial charge in [-0.2, -0.15) is 0 Å². The van der Waals surface area contributed by atoms with E-state index in [2.05, 4.69) is 36.6 Å². The van der Waals surface area contributed by atoms with E-state index in [9.17, 15) is 0 Å². The van der Waals surface area contributed by atoms with Crippen molar-refractivity contribution in [3.8, 4) is 22.8 Å². The molecule has 0 atom stereocenters. The highest BCUT2D eigenvalue weighted by Crippen LogP contribution is 2.33. The molecule has 0 unspecified atom stereocenters. The highest BCUT2D eigenvalue weighted by atomic mass is 16.7. The van der Waals surface area contributed by atoms with Gasteiger partial charge in [-0.15, -0.1) is 0 Å². The van der Waals surface area contributed by atoms with E-state index in [0.29, 0.717) is 18.5 Å². The molecule has 1 fully saturated rings. The van der Waals surface area contributed by atoms with E-state index in [1.54, 1.807) is 12.4 Å². The van der Waals surface area contributed by atoms with Gasteiger partial charge in [0.05, 0.1) is 18.2 Å². The van der Waals surface area contributed by atoms with Gasteiger partial charge in [-0.05, 0) is 42.7 Å². The first-order chi connectivity index (χ1) is 15.3. The van der Waals surface area contributed by atoms with Gasteiger partial charge in [-0.3, -0.25) is 9.88 Å². The van der Waals surface area contributed by atoms with Crippen molar-refractivity contribution < 1.29 is 9.47 Å². The molecule has 4 aromatic rings. The molecule has 156 valence electrons. The summed E-state index contributed by atoms with van der Waals surface area (Å²) in [5.74, 6) is 1.68. The third kappa shape index (κ3) is 3.48. The van der Waals surface area contributed by atoms with Gasteiger partial charge in [0, 0.05) is 43.6 Å². The predicted molar refractivity (Wildman–Crippen MR) is 115 cm³/mol. The molecule has 5 heterocycles. The van der Waals surface area contributed by atoms with Crippen LogP contribution in [0.4, 0.5) is 0 Å². The zero-order chi connectivity index (χ0) is 20.6. The number of fused-ring (bicyclic) bond motifs is 2. The molecule has 3 aromatic heterocycles. The van der Waals surface area contributed by atoms with Crippen LogP contribution in [0.5, 0.6) is 11.5 Å². The summed E-state index contributed by atoms with van der Waals surface area (Å²) in [4.78, 5) is 20.5. The Morgan fingerprint density at radius 2 is 1.90 bits per heavy atom. The molecule has 0 saturated carbocycles. The lowest BCUT2D eigenvalue weighted by Crippen LogP contribution is -2.34. The minimum Gasteiger partial charge on any atom is -0.454 e. The maximum atomic E-state index is 5.51. The minimum absolute atomic E-state index is 0.314. The molecule has 8 heteroatoms. The number of aromatic nitrogens is 5. The van der Waals surface area contributed by atoms with Crippen molar-refractivity contribution in [1.29, 1.82) is 0 Å². The van der Waals surface area contributed by atoms with Gasteiger partial charge >= 0.3 is 0 Å². The van der Waals surface area contributed by atoms with Crippen LogP contribution in [0, 0.1) is 0 Å². The van der Waals surface area contributed by atoms with Crippen LogP contribution in [0.15, 0.2) is 55.2 Å². The molecule has 1 aromatic carbocycles. The molecule has 0 amide bonds. The Morgan fingerprint density at radius 1 is 1.00 bits per heavy atom. The van der Waals surface area contributed by atoms with Gasteiger partial charge in [-0.25, -0.2) is 15.0 Å². The van der Waals surface area contributed by atoms with Crippen LogP contribution in [0.25, 0.3) is 22.6 Å². The lowest BCUT2D eigenvalue weighted by atomic mass is 10.0. The van der Waals surface area contributed by atoms with Crippen molar-refractivity contribution in [3.63, 3.8) is 0 Å². The summed E-state index contributed by atoms with van der Waals surface area (Å²) in [5.41, 5.74) is 4.57. The maximum Gasteiger partial charge on any atom is 0.231 e. The highest BCUT2D eigenvalue weighted by molar-refractivity contribution is 5.70. The number of rotatable bonds is 4. The normalized spacial score (nSPS) is 16.8. The number of piperidine rings is 1. The summed E-state index contributed by atoms with van der Waals surface area (Å²) >= 11 is 0. The molecule has 0 bridgehead atoms. The van der Waals surface area contributed by atoms with Gasteiger partial charge in [0.2, 0.25) is 6.79 Å². The van der Waals surface area contributed by atoms with Crippen LogP contribution >= 0.6 is 0 Å². The second-order valence-electron chi connectivity index (χ2n) is 7.99. The predicted octanol–water partition coefficient (Wildman–Crippen LogP) is 3.45. The SMILES string of the molecule is c1cncc(-c2cnc3ncn(C4CCN(Cc5ccc6c(c5)OCO6)CC4)c3n2)c1. The molecular formula is C23H22N6O2. The molecule has 2 aliphatic heterocycles. The van der Waals surface area contributed by atoms with E-state index in [0.717, 1.165) is 60.9 Å². The van der Waals surface area contributed by atoms with Crippen molar-refractivity contribution >= 4 is 11.3 Å². The van der Waals surface area contributed by atoms with Crippen LogP contribution in [0.3, 0.4) is 0 Å². The summed E-state index contributed by atoms with van der Waals surface area (Å²) in [6.45, 7) is 3.27. The minimum atomic E-state index is 0.314. The van der Waals surface area contributed by atoms with Crippen LogP contribution in [0.1, 0.15) is 24.4 Å². The highest BCUT2D eigenvalue weighted by Gasteiger charge is 2.23. The number of pyridine rings is 1. The molecular weight excluding hydrogens is 392 g/mol. The van der Waals surface area contributed by atoms with Crippen molar-refractivity contribution in [3.05, 3.63) is 60.8 Å². The van der Waals surface area contributed by atoms with Crippen LogP contribution in [-0.2, 0) is 6.54 Å². The zero-order valence-electron chi connectivity index (χ0n) is 17.0. The number of imidazole rings is 1. The lowest BCUT2D eigenvalue weighted by Gasteiger charge is -2.32. The van der Waals surface area contributed by atoms with E-state index in [1.807, 2.05) is 30.7 Å². The smallest absolute Gasteiger partial charge is 0.231 e. The van der Waals surface area contributed by atoms with E-state index < -0.39 is 0 Å². The van der Waals surface area contributed by atoms with Crippen LogP contribution in [0.2, 0.25) is 0 Å². The summed E-state index contributed by atoms with van der Waals surface area (Å²) in [6, 6.07) is 10.5. The zero-order valence-corrected chi connectivity index (χ0v) is 17.0. The average Bonchev–Trinajstić information content (AvgIpc) is 3.46. The first kappa shape index (κ1) is 18.3. The van der Waals surface area contributed by atoms with Crippen LogP contribution in [-0.4, -0.2) is 49.3 Å². The van der Waals surface area contributed by atoms with E-state index >= 15 is 0 Å². The van der Waals surface area contributed by atoms with Gasteiger partial charge in [0.1, 0.15) is 0 Å². The second kappa shape index (κ2) is 7.63. The molecule has 0 aliphatic carbocycles. The van der Waals surface area contributed by atoms with Gasteiger partial charge in [0.15, 0.2) is 22.8 Å². The number of hydrogen-bond acceptors (Lipinski definition) is 7. The molecule has 0 radical (unpaired) electrons. The number of ether oxygens (including phenoxy) is 2. The quantitative estimate of drug-likeness (QED) is 0.506. The molecule has 0 N–H and O–H groups in total. The van der Waals surface area contributed by atoms with Crippen molar-refractivity contribution in [2.24, 2.45) is 0 Å². The van der Waals surface area contributed by atoms with Gasteiger partial charge in [-0.1, -0.05) is 6.07 Å². The summed E-state index contributed by atoms with van der Waals surface area (Å²) < 4.78 is 13.1. The van der Waals surface area contributed by atoms with Crippen molar-refractivity contribution in [2.75, 3.05) is 19.9 Å². The number of likely N-dealkylation sites (tertiary alicyclic amines) is 1. The van der Waals surface area contributed by atoms with Gasteiger partial charge < -0.3 is 14.0 Å². The average molecular weight is 414 g/mol. The first-order valence-electron chi connectivity index (χ1n) is 10.5. The Balaban J connectivity index is 1.17. The summed E-state index contributed by atoms with van der Waals surface area (Å²) in [6.07, 6.45) is 9.33. The third-order valence-electron chi connectivity index (χ3n) is 6.04. The fourth-order valence-electron chi connectivity index (χ4n) is 4.38. The first-order valence-corrected chi connectivity index (χ1v) is 10.5. The lowest BCUT2D eigenvalue weighted by molar-refractivity contribution is 0.173. The number of hydrogen-bond donors (Lipinski definition) is 0. The molecule has 1 saturated heterocycles. The second-order valence-corrected chi connectivity index (χ2v) is 7.99. The summed E-state index contributed by atoms with van der Waals surface area (Å²) in [7, 11) is 0. The number of benzene rings is 1. The van der Waals surface area contributed by atoms with E-state index in [4.69, 9.17) is 14.5 Å². The van der Waals surface area contributed by atoms with E-state index in [-0.39, 0.29) is 0 Å². The number of nitrogens with zero attached hydrogens (tertiary/aromatic N) is 6. The fraction of sp³-hybridized carbons (Fsp3) is 0.304. The van der Waals surface area contributed by atoms with E-state index in [1.165, 1.54) is 5.56 Å². The standard InChI is InChI=1S/C23H22N6O2/c1-2-17(11-24-7-1)19-12-25-22-23(27-19)29(14-26-22)18-5-8-28(9-6-18)13-16-3-4-20-21(10-16)31-15-30-20/h1-4,7,10-12,14,18H,5-6,8-9,13,15H2. The Labute approximate surface area is 179 Å². The van der Waals surface area contributed by atoms with Crippen LogP contribution < -0.4 is 9.47 Å². The largest absolute Gasteiger partial charge is 0.454 e. The third-order valence-corrected chi connectivity index (χ3v) is 6.04. The summed E-state index contributed by atoms with van der Waals surface area (Å²) in [5, 5.41) is 0. The molecule has 0 spiro atoms. The molecule has 31 heavy (non-hydrogen) atoms. The monoisotopic (exact) mass is 414 g/mol. The molecule has 8 nitrogen and oxygen atoms in total. The fourth-order valence-corrected chi connectivity index (χ4v) is 4.38. The molecule has 6 rings (SSSR count). The Hall–Kier alpha value is -3.52. The molecule has 2 aliphatic rings. The Kier molecular flexibility index (Phi) is 4.49. The van der Waals surface area contributed by atoms with Crippen molar-refractivity contribution in [2.45, 2.75) is 25.4 Å². The van der Waals surface area contributed by atoms with Crippen molar-refractivity contribution in [1.82, 2.24) is 29.4 Å². The van der Waals surface area contributed by atoms with Gasteiger partial charge in [0.25, 0.3) is 0 Å². The Bertz CT molecular complexity index is 1220.